The number of aliphatic hydroxyl groups is 1. The molecule has 0 spiro atoms. The minimum absolute atomic E-state index is 0.0173. The van der Waals surface area contributed by atoms with E-state index in [9.17, 15) is 5.11 Å². The molecular weight excluding hydrogens is 254 g/mol. The zero-order chi connectivity index (χ0) is 14.2. The zero-order valence-electron chi connectivity index (χ0n) is 12.2. The van der Waals surface area contributed by atoms with Gasteiger partial charge >= 0.3 is 0 Å². The van der Waals surface area contributed by atoms with Crippen molar-refractivity contribution in [2.24, 2.45) is 11.3 Å². The van der Waals surface area contributed by atoms with Crippen LogP contribution in [0.3, 0.4) is 0 Å². The van der Waals surface area contributed by atoms with E-state index in [1.54, 1.807) is 0 Å². The van der Waals surface area contributed by atoms with Crippen LogP contribution in [0.15, 0.2) is 30.3 Å². The van der Waals surface area contributed by atoms with Crippen molar-refractivity contribution in [3.05, 3.63) is 35.9 Å². The highest BCUT2D eigenvalue weighted by atomic mass is 16.7. The van der Waals surface area contributed by atoms with E-state index in [1.165, 1.54) is 5.56 Å². The first-order valence-electron chi connectivity index (χ1n) is 7.28. The van der Waals surface area contributed by atoms with Crippen LogP contribution in [0.25, 0.3) is 0 Å². The smallest absolute Gasteiger partial charge is 0.0830 e. The van der Waals surface area contributed by atoms with E-state index in [4.69, 9.17) is 9.57 Å². The summed E-state index contributed by atoms with van der Waals surface area (Å²) in [7, 11) is 0. The average molecular weight is 277 g/mol. The molecule has 0 aliphatic carbocycles. The molecule has 3 rings (SSSR count). The Kier molecular flexibility index (Phi) is 3.82. The van der Waals surface area contributed by atoms with E-state index in [0.29, 0.717) is 5.92 Å². The zero-order valence-corrected chi connectivity index (χ0v) is 12.2. The maximum atomic E-state index is 9.61. The Balaban J connectivity index is 1.76. The van der Waals surface area contributed by atoms with Crippen LogP contribution in [-0.2, 0) is 16.1 Å². The number of hydroxylamine groups is 2. The third-order valence-electron chi connectivity index (χ3n) is 4.43. The Hall–Kier alpha value is -0.940. The lowest BCUT2D eigenvalue weighted by atomic mass is 9.81. The molecule has 1 aromatic carbocycles. The van der Waals surface area contributed by atoms with Crippen LogP contribution in [0.1, 0.15) is 19.4 Å². The van der Waals surface area contributed by atoms with E-state index in [0.717, 1.165) is 19.8 Å². The second-order valence-electron chi connectivity index (χ2n) is 6.51. The maximum absolute atomic E-state index is 9.61. The van der Waals surface area contributed by atoms with Crippen LogP contribution in [0.5, 0.6) is 0 Å². The molecule has 2 aliphatic heterocycles. The molecule has 2 aliphatic rings. The Morgan fingerprint density at radius 1 is 1.25 bits per heavy atom. The summed E-state index contributed by atoms with van der Waals surface area (Å²) in [6.45, 7) is 6.45. The minimum atomic E-state index is -0.248. The van der Waals surface area contributed by atoms with Crippen LogP contribution in [0.4, 0.5) is 0 Å². The van der Waals surface area contributed by atoms with Gasteiger partial charge in [-0.05, 0) is 5.56 Å². The molecule has 0 unspecified atom stereocenters. The second-order valence-corrected chi connectivity index (χ2v) is 6.51. The summed E-state index contributed by atoms with van der Waals surface area (Å²) >= 11 is 0. The third-order valence-corrected chi connectivity index (χ3v) is 4.43. The summed E-state index contributed by atoms with van der Waals surface area (Å²) in [5.74, 6) is 0.412. The molecule has 0 saturated carbocycles. The highest BCUT2D eigenvalue weighted by Crippen LogP contribution is 2.40. The highest BCUT2D eigenvalue weighted by Gasteiger charge is 2.51. The molecule has 4 heteroatoms. The van der Waals surface area contributed by atoms with Gasteiger partial charge in [0.25, 0.3) is 0 Å². The molecule has 2 fully saturated rings. The van der Waals surface area contributed by atoms with E-state index in [2.05, 4.69) is 31.0 Å². The van der Waals surface area contributed by atoms with Crippen molar-refractivity contribution in [3.63, 3.8) is 0 Å². The fourth-order valence-corrected chi connectivity index (χ4v) is 3.17. The molecule has 1 aromatic rings. The van der Waals surface area contributed by atoms with Crippen LogP contribution < -0.4 is 0 Å². The van der Waals surface area contributed by atoms with Gasteiger partial charge in [0, 0.05) is 17.9 Å². The normalized spacial score (nSPS) is 30.6. The predicted octanol–water partition coefficient (Wildman–Crippen LogP) is 1.84. The number of rotatable bonds is 4. The molecule has 4 nitrogen and oxygen atoms in total. The number of fused-ring (bicyclic) bond motifs is 1. The molecule has 20 heavy (non-hydrogen) atoms. The largest absolute Gasteiger partial charge is 0.396 e. The van der Waals surface area contributed by atoms with Gasteiger partial charge in [0.1, 0.15) is 0 Å². The summed E-state index contributed by atoms with van der Waals surface area (Å²) in [5.41, 5.74) is 0.989. The van der Waals surface area contributed by atoms with Crippen molar-refractivity contribution in [2.45, 2.75) is 32.5 Å². The lowest BCUT2D eigenvalue weighted by Crippen LogP contribution is -2.47. The van der Waals surface area contributed by atoms with Gasteiger partial charge < -0.3 is 9.84 Å². The average Bonchev–Trinajstić information content (AvgIpc) is 3.03. The summed E-state index contributed by atoms with van der Waals surface area (Å²) in [4.78, 5) is 5.87. The van der Waals surface area contributed by atoms with Gasteiger partial charge in [-0.25, -0.2) is 0 Å². The van der Waals surface area contributed by atoms with Gasteiger partial charge in [-0.2, -0.15) is 5.06 Å². The first-order chi connectivity index (χ1) is 9.62. The van der Waals surface area contributed by atoms with Crippen LogP contribution in [0.2, 0.25) is 0 Å². The molecule has 2 heterocycles. The Morgan fingerprint density at radius 3 is 2.70 bits per heavy atom. The lowest BCUT2D eigenvalue weighted by molar-refractivity contribution is -0.176. The predicted molar refractivity (Wildman–Crippen MR) is 75.8 cm³/mol. The Morgan fingerprint density at radius 2 is 2.00 bits per heavy atom. The van der Waals surface area contributed by atoms with Gasteiger partial charge in [-0.15, -0.1) is 0 Å². The molecule has 0 bridgehead atoms. The number of nitrogens with zero attached hydrogens (tertiary/aromatic N) is 1. The maximum Gasteiger partial charge on any atom is 0.0830 e. The van der Waals surface area contributed by atoms with Crippen LogP contribution in [0, 0.1) is 11.3 Å². The first kappa shape index (κ1) is 14.0. The monoisotopic (exact) mass is 277 g/mol. The quantitative estimate of drug-likeness (QED) is 0.912. The standard InChI is InChI=1S/C16H23NO3/c1-16(2,11-18)15-14-13(9-19-15)10-20-17(14)8-12-6-4-3-5-7-12/h3-7,13-15,18H,8-11H2,1-2H3/t13-,14+,15+/m1/s1. The summed E-state index contributed by atoms with van der Waals surface area (Å²) < 4.78 is 5.96. The number of hydrogen-bond acceptors (Lipinski definition) is 4. The second kappa shape index (κ2) is 5.45. The molecule has 0 aromatic heterocycles. The third kappa shape index (κ3) is 2.49. The molecular formula is C16H23NO3. The van der Waals surface area contributed by atoms with Crippen molar-refractivity contribution in [2.75, 3.05) is 19.8 Å². The summed E-state index contributed by atoms with van der Waals surface area (Å²) in [5, 5.41) is 11.7. The molecule has 3 atom stereocenters. The minimum Gasteiger partial charge on any atom is -0.396 e. The molecule has 1 N–H and O–H groups in total. The van der Waals surface area contributed by atoms with Crippen molar-refractivity contribution in [1.29, 1.82) is 0 Å². The van der Waals surface area contributed by atoms with E-state index >= 15 is 0 Å². The molecule has 0 radical (unpaired) electrons. The lowest BCUT2D eigenvalue weighted by Gasteiger charge is -2.35. The first-order valence-corrected chi connectivity index (χ1v) is 7.28. The summed E-state index contributed by atoms with van der Waals surface area (Å²) in [6.07, 6.45) is 0.0173. The SMILES string of the molecule is CC(C)(CO)[C@H]1OC[C@@H]2CON(Cc3ccccc3)[C@@H]21. The fourth-order valence-electron chi connectivity index (χ4n) is 3.17. The van der Waals surface area contributed by atoms with Gasteiger partial charge in [0.05, 0.1) is 32.0 Å². The number of aliphatic hydroxyl groups excluding tert-OH is 1. The molecule has 110 valence electrons. The number of ether oxygens (including phenoxy) is 1. The van der Waals surface area contributed by atoms with Crippen LogP contribution in [-0.4, -0.2) is 42.1 Å². The van der Waals surface area contributed by atoms with Crippen molar-refractivity contribution in [1.82, 2.24) is 5.06 Å². The van der Waals surface area contributed by atoms with Crippen LogP contribution >= 0.6 is 0 Å². The van der Waals surface area contributed by atoms with Gasteiger partial charge in [-0.1, -0.05) is 44.2 Å². The van der Waals surface area contributed by atoms with E-state index in [-0.39, 0.29) is 24.2 Å². The fraction of sp³-hybridized carbons (Fsp3) is 0.625. The van der Waals surface area contributed by atoms with Gasteiger partial charge in [-0.3, -0.25) is 4.84 Å². The van der Waals surface area contributed by atoms with Crippen molar-refractivity contribution < 1.29 is 14.7 Å². The molecule has 0 amide bonds. The number of benzene rings is 1. The van der Waals surface area contributed by atoms with Gasteiger partial charge in [0.2, 0.25) is 0 Å². The highest BCUT2D eigenvalue weighted by molar-refractivity contribution is 5.15. The topological polar surface area (TPSA) is 41.9 Å². The van der Waals surface area contributed by atoms with E-state index < -0.39 is 0 Å². The summed E-state index contributed by atoms with van der Waals surface area (Å²) in [6, 6.07) is 10.6. The number of hydrogen-bond donors (Lipinski definition) is 1. The van der Waals surface area contributed by atoms with E-state index in [1.807, 2.05) is 18.2 Å². The van der Waals surface area contributed by atoms with Crippen molar-refractivity contribution >= 4 is 0 Å². The molecule has 2 saturated heterocycles. The Bertz CT molecular complexity index is 448. The Labute approximate surface area is 120 Å². The van der Waals surface area contributed by atoms with Crippen molar-refractivity contribution in [3.8, 4) is 0 Å². The van der Waals surface area contributed by atoms with Gasteiger partial charge in [0.15, 0.2) is 0 Å².